The molecule has 0 fully saturated rings. The fourth-order valence-corrected chi connectivity index (χ4v) is 9.04. The van der Waals surface area contributed by atoms with Gasteiger partial charge in [-0.1, -0.05) is 41.5 Å². The van der Waals surface area contributed by atoms with Gasteiger partial charge in [-0.25, -0.2) is 9.97 Å². The molecule has 5 aromatic rings. The maximum absolute atomic E-state index is 5.53. The molecule has 0 aromatic carbocycles. The molecule has 7 heterocycles. The lowest BCUT2D eigenvalue weighted by molar-refractivity contribution is 1.13. The topological polar surface area (TPSA) is 88.9 Å². The summed E-state index contributed by atoms with van der Waals surface area (Å²) in [5.41, 5.74) is 29.3. The van der Waals surface area contributed by atoms with Crippen molar-refractivity contribution in [3.63, 3.8) is 0 Å². The second-order valence-corrected chi connectivity index (χ2v) is 13.9. The van der Waals surface area contributed by atoms with Crippen molar-refractivity contribution in [1.29, 1.82) is 0 Å². The van der Waals surface area contributed by atoms with Crippen LogP contribution in [0, 0.1) is 27.7 Å². The zero-order valence-corrected chi connectivity index (χ0v) is 31.1. The molecule has 0 saturated heterocycles. The van der Waals surface area contributed by atoms with Crippen LogP contribution in [0.3, 0.4) is 0 Å². The predicted molar refractivity (Wildman–Crippen MR) is 207 cm³/mol. The zero-order valence-electron chi connectivity index (χ0n) is 31.1. The van der Waals surface area contributed by atoms with Gasteiger partial charge in [0.15, 0.2) is 0 Å². The van der Waals surface area contributed by atoms with Crippen LogP contribution in [0.1, 0.15) is 136 Å². The van der Waals surface area contributed by atoms with Crippen molar-refractivity contribution < 1.29 is 0 Å². The minimum atomic E-state index is 0.923. The Morgan fingerprint density at radius 1 is 0.333 bits per heavy atom. The summed E-state index contributed by atoms with van der Waals surface area (Å²) in [5.74, 6) is 0. The molecule has 5 aromatic heterocycles. The summed E-state index contributed by atoms with van der Waals surface area (Å²) < 4.78 is 0. The maximum Gasteiger partial charge on any atom is 0.0910 e. The van der Waals surface area contributed by atoms with Gasteiger partial charge in [-0.05, 0) is 147 Å². The van der Waals surface area contributed by atoms with Gasteiger partial charge in [0.1, 0.15) is 0 Å². The second kappa shape index (κ2) is 11.7. The van der Waals surface area contributed by atoms with E-state index < -0.39 is 0 Å². The number of aryl methyl sites for hydroxylation is 8. The molecule has 6 nitrogen and oxygen atoms in total. The summed E-state index contributed by atoms with van der Waals surface area (Å²) in [6, 6.07) is 0. The molecule has 7 rings (SSSR count). The van der Waals surface area contributed by atoms with Crippen LogP contribution in [0.15, 0.2) is 0 Å². The molecule has 0 aliphatic carbocycles. The number of aromatic amines is 4. The number of allylic oxidation sites excluding steroid dienone is 4. The fourth-order valence-electron chi connectivity index (χ4n) is 9.04. The van der Waals surface area contributed by atoms with Crippen LogP contribution in [0.2, 0.25) is 0 Å². The van der Waals surface area contributed by atoms with E-state index in [0.29, 0.717) is 0 Å². The molecular formula is C42H52N6. The SMILES string of the molecule is CCC1=C(C)c2nc1c1[nH]c(c(C)c1CC)c1[nH]c(c3nc(c4[nH]c(c(CC)c4C)c4[nH]c2c(C)c4CC)C(C)=C3CC)c(CC)c1C. The van der Waals surface area contributed by atoms with E-state index in [9.17, 15) is 0 Å². The van der Waals surface area contributed by atoms with Crippen LogP contribution in [-0.2, 0) is 25.7 Å². The van der Waals surface area contributed by atoms with Gasteiger partial charge in [-0.3, -0.25) is 0 Å². The van der Waals surface area contributed by atoms with Crippen molar-refractivity contribution in [2.45, 2.75) is 122 Å². The first kappa shape index (κ1) is 32.2. The number of aromatic nitrogens is 6. The van der Waals surface area contributed by atoms with Gasteiger partial charge in [-0.2, -0.15) is 0 Å². The van der Waals surface area contributed by atoms with Crippen molar-refractivity contribution in [2.75, 3.05) is 0 Å². The van der Waals surface area contributed by atoms with E-state index in [1.807, 2.05) is 0 Å². The molecule has 250 valence electrons. The fraction of sp³-hybridized carbons (Fsp3) is 0.429. The number of nitrogens with zero attached hydrogens (tertiary/aromatic N) is 2. The van der Waals surface area contributed by atoms with Crippen LogP contribution in [0.25, 0.3) is 66.4 Å². The average molecular weight is 641 g/mol. The lowest BCUT2D eigenvalue weighted by Crippen LogP contribution is -1.88. The Kier molecular flexibility index (Phi) is 7.84. The lowest BCUT2D eigenvalue weighted by atomic mass is 9.99. The first-order chi connectivity index (χ1) is 23.1. The predicted octanol–water partition coefficient (Wildman–Crippen LogP) is 11.4. The van der Waals surface area contributed by atoms with Crippen molar-refractivity contribution in [3.05, 3.63) is 67.3 Å². The molecule has 0 saturated carbocycles. The van der Waals surface area contributed by atoms with Crippen LogP contribution >= 0.6 is 0 Å². The minimum Gasteiger partial charge on any atom is -0.352 e. The van der Waals surface area contributed by atoms with E-state index in [2.05, 4.69) is 103 Å². The van der Waals surface area contributed by atoms with Crippen molar-refractivity contribution >= 4 is 66.4 Å². The summed E-state index contributed by atoms with van der Waals surface area (Å²) in [7, 11) is 0. The quantitative estimate of drug-likeness (QED) is 0.149. The summed E-state index contributed by atoms with van der Waals surface area (Å²) in [6.07, 6.45) is 5.59. The Labute approximate surface area is 284 Å². The van der Waals surface area contributed by atoms with E-state index >= 15 is 0 Å². The minimum absolute atomic E-state index is 0.923. The van der Waals surface area contributed by atoms with Gasteiger partial charge in [0, 0.05) is 0 Å². The Morgan fingerprint density at radius 2 is 0.625 bits per heavy atom. The smallest absolute Gasteiger partial charge is 0.0910 e. The molecule has 2 aliphatic rings. The first-order valence-electron chi connectivity index (χ1n) is 18.3. The third-order valence-corrected chi connectivity index (χ3v) is 11.7. The number of rotatable bonds is 6. The highest BCUT2D eigenvalue weighted by Crippen LogP contribution is 2.43. The van der Waals surface area contributed by atoms with Gasteiger partial charge in [0.25, 0.3) is 0 Å². The van der Waals surface area contributed by atoms with Crippen LogP contribution in [0.4, 0.5) is 0 Å². The van der Waals surface area contributed by atoms with Gasteiger partial charge in [0.2, 0.25) is 0 Å². The number of hydrogen-bond acceptors (Lipinski definition) is 2. The summed E-state index contributed by atoms with van der Waals surface area (Å²) >= 11 is 0. The summed E-state index contributed by atoms with van der Waals surface area (Å²) in [4.78, 5) is 26.9. The summed E-state index contributed by atoms with van der Waals surface area (Å²) in [5, 5.41) is 0. The van der Waals surface area contributed by atoms with E-state index in [1.54, 1.807) is 0 Å². The molecule has 0 radical (unpaired) electrons. The monoisotopic (exact) mass is 640 g/mol. The van der Waals surface area contributed by atoms with Gasteiger partial charge < -0.3 is 19.9 Å². The van der Waals surface area contributed by atoms with E-state index in [0.717, 1.165) is 94.4 Å². The van der Waals surface area contributed by atoms with E-state index in [4.69, 9.17) is 9.97 Å². The van der Waals surface area contributed by atoms with Crippen LogP contribution in [-0.4, -0.2) is 29.9 Å². The van der Waals surface area contributed by atoms with E-state index in [1.165, 1.54) is 77.8 Å². The van der Waals surface area contributed by atoms with Gasteiger partial charge in [-0.15, -0.1) is 0 Å². The largest absolute Gasteiger partial charge is 0.352 e. The molecular weight excluding hydrogens is 589 g/mol. The molecule has 0 unspecified atom stereocenters. The molecule has 12 bridgehead atoms. The maximum atomic E-state index is 5.53. The molecule has 0 spiro atoms. The van der Waals surface area contributed by atoms with Gasteiger partial charge >= 0.3 is 0 Å². The van der Waals surface area contributed by atoms with E-state index in [-0.39, 0.29) is 0 Å². The molecule has 48 heavy (non-hydrogen) atoms. The Bertz CT molecular complexity index is 2240. The Morgan fingerprint density at radius 3 is 0.938 bits per heavy atom. The van der Waals surface area contributed by atoms with Crippen LogP contribution in [0.5, 0.6) is 0 Å². The third-order valence-electron chi connectivity index (χ3n) is 11.7. The summed E-state index contributed by atoms with van der Waals surface area (Å²) in [6.45, 7) is 27.2. The normalized spacial score (nSPS) is 13.8. The highest BCUT2D eigenvalue weighted by Gasteiger charge is 2.27. The standard InChI is InChI=1S/C42H52N6/c1-13-25-19(7)31-32-21(9)27(15-3)39(45-32)40-29(17-5)23(11)35(47-40)36-24(12)30(18-6)42(48-36)41-28(16-4)22(10)34(46-41)33-20(8)26(14-2)38(44-33)37(25)43-31/h43-44,47-48H,13-18H2,1-12H3. The average Bonchev–Trinajstić information content (AvgIpc) is 3.89. The Balaban J connectivity index is 1.83. The highest BCUT2D eigenvalue weighted by molar-refractivity contribution is 6.05. The highest BCUT2D eigenvalue weighted by atomic mass is 14.9. The molecule has 6 heteroatoms. The molecule has 0 amide bonds. The second-order valence-electron chi connectivity index (χ2n) is 13.9. The first-order valence-corrected chi connectivity index (χ1v) is 18.3. The van der Waals surface area contributed by atoms with Gasteiger partial charge in [0.05, 0.1) is 66.9 Å². The number of nitrogens with one attached hydrogen (secondary N) is 4. The number of hydrogen-bond donors (Lipinski definition) is 4. The van der Waals surface area contributed by atoms with Crippen molar-refractivity contribution in [3.8, 4) is 0 Å². The lowest BCUT2D eigenvalue weighted by Gasteiger charge is -2.02. The molecule has 0 atom stereocenters. The van der Waals surface area contributed by atoms with Crippen molar-refractivity contribution in [1.82, 2.24) is 29.9 Å². The third kappa shape index (κ3) is 4.23. The number of fused-ring (bicyclic) bond motifs is 18. The van der Waals surface area contributed by atoms with Crippen molar-refractivity contribution in [2.24, 2.45) is 0 Å². The van der Waals surface area contributed by atoms with Crippen LogP contribution < -0.4 is 0 Å². The Hall–Kier alpha value is -4.32. The number of H-pyrrole nitrogens is 4. The molecule has 2 aliphatic heterocycles. The molecule has 4 N–H and O–H groups in total. The zero-order chi connectivity index (χ0) is 34.3.